The average molecular weight is 291 g/mol. The Kier molecular flexibility index (Phi) is 8.06. The van der Waals surface area contributed by atoms with Crippen LogP contribution in [-0.2, 0) is 22.4 Å². The van der Waals surface area contributed by atoms with E-state index in [1.54, 1.807) is 7.11 Å². The number of ether oxygens (including phenoxy) is 1. The Morgan fingerprint density at radius 3 is 2.33 bits per heavy atom. The van der Waals surface area contributed by atoms with E-state index in [9.17, 15) is 4.79 Å². The number of carbonyl (C=O) groups is 1. The van der Waals surface area contributed by atoms with E-state index in [4.69, 9.17) is 4.74 Å². The zero-order valence-corrected chi connectivity index (χ0v) is 13.9. The van der Waals surface area contributed by atoms with Crippen molar-refractivity contribution < 1.29 is 9.53 Å². The van der Waals surface area contributed by atoms with Crippen LogP contribution < -0.4 is 0 Å². The number of rotatable bonds is 9. The normalized spacial score (nSPS) is 10.9. The molecule has 0 aliphatic heterocycles. The van der Waals surface area contributed by atoms with Gasteiger partial charge >= 0.3 is 0 Å². The zero-order valence-electron chi connectivity index (χ0n) is 13.9. The summed E-state index contributed by atoms with van der Waals surface area (Å²) in [6, 6.07) is 8.56. The maximum absolute atomic E-state index is 12.4. The maximum Gasteiger partial charge on any atom is 0.222 e. The Morgan fingerprint density at radius 2 is 1.81 bits per heavy atom. The van der Waals surface area contributed by atoms with Gasteiger partial charge in [0.2, 0.25) is 5.91 Å². The zero-order chi connectivity index (χ0) is 15.7. The molecule has 1 aromatic rings. The van der Waals surface area contributed by atoms with Crippen LogP contribution in [0.2, 0.25) is 0 Å². The first-order valence-corrected chi connectivity index (χ1v) is 7.91. The molecule has 0 aliphatic rings. The second kappa shape index (κ2) is 9.56. The van der Waals surface area contributed by atoms with Gasteiger partial charge in [0.25, 0.3) is 0 Å². The Bertz CT molecular complexity index is 412. The van der Waals surface area contributed by atoms with E-state index in [2.05, 4.69) is 45.0 Å². The SMILES string of the molecule is CCc1ccc(CCC(=O)N(CCOC)CC(C)C)cc1. The average Bonchev–Trinajstić information content (AvgIpc) is 2.49. The lowest BCUT2D eigenvalue weighted by Gasteiger charge is -2.24. The number of amides is 1. The standard InChI is InChI=1S/C18H29NO2/c1-5-16-6-8-17(9-7-16)10-11-18(20)19(12-13-21-4)14-15(2)3/h6-9,15H,5,10-14H2,1-4H3. The summed E-state index contributed by atoms with van der Waals surface area (Å²) in [5, 5.41) is 0. The molecule has 0 unspecified atom stereocenters. The molecule has 0 radical (unpaired) electrons. The summed E-state index contributed by atoms with van der Waals surface area (Å²) in [7, 11) is 1.67. The molecule has 0 bridgehead atoms. The van der Waals surface area contributed by atoms with Gasteiger partial charge in [-0.3, -0.25) is 4.79 Å². The van der Waals surface area contributed by atoms with Crippen molar-refractivity contribution in [1.82, 2.24) is 4.90 Å². The largest absolute Gasteiger partial charge is 0.383 e. The van der Waals surface area contributed by atoms with E-state index in [1.807, 2.05) is 4.90 Å². The van der Waals surface area contributed by atoms with Gasteiger partial charge in [-0.2, -0.15) is 0 Å². The van der Waals surface area contributed by atoms with Gasteiger partial charge in [-0.1, -0.05) is 45.0 Å². The minimum Gasteiger partial charge on any atom is -0.383 e. The minimum atomic E-state index is 0.223. The van der Waals surface area contributed by atoms with E-state index < -0.39 is 0 Å². The Morgan fingerprint density at radius 1 is 1.19 bits per heavy atom. The maximum atomic E-state index is 12.4. The summed E-state index contributed by atoms with van der Waals surface area (Å²) < 4.78 is 5.10. The molecular formula is C18H29NO2. The second-order valence-corrected chi connectivity index (χ2v) is 5.90. The lowest BCUT2D eigenvalue weighted by molar-refractivity contribution is -0.132. The summed E-state index contributed by atoms with van der Waals surface area (Å²) in [6.07, 6.45) is 2.44. The van der Waals surface area contributed by atoms with Crippen molar-refractivity contribution in [1.29, 1.82) is 0 Å². The van der Waals surface area contributed by atoms with Crippen LogP contribution in [0.15, 0.2) is 24.3 Å². The molecule has 0 N–H and O–H groups in total. The van der Waals surface area contributed by atoms with Gasteiger partial charge in [0, 0.05) is 26.6 Å². The summed E-state index contributed by atoms with van der Waals surface area (Å²) in [4.78, 5) is 14.3. The van der Waals surface area contributed by atoms with Crippen LogP contribution in [0.5, 0.6) is 0 Å². The lowest BCUT2D eigenvalue weighted by atomic mass is 10.1. The van der Waals surface area contributed by atoms with Crippen molar-refractivity contribution in [3.05, 3.63) is 35.4 Å². The molecule has 0 fully saturated rings. The number of carbonyl (C=O) groups excluding carboxylic acids is 1. The van der Waals surface area contributed by atoms with Crippen LogP contribution in [0.1, 0.15) is 38.3 Å². The molecule has 0 atom stereocenters. The first-order valence-electron chi connectivity index (χ1n) is 7.91. The third-order valence-electron chi connectivity index (χ3n) is 3.56. The van der Waals surface area contributed by atoms with Gasteiger partial charge < -0.3 is 9.64 Å². The molecule has 0 aromatic heterocycles. The molecule has 3 nitrogen and oxygen atoms in total. The fourth-order valence-electron chi connectivity index (χ4n) is 2.31. The summed E-state index contributed by atoms with van der Waals surface area (Å²) >= 11 is 0. The molecule has 0 saturated heterocycles. The fraction of sp³-hybridized carbons (Fsp3) is 0.611. The quantitative estimate of drug-likeness (QED) is 0.698. The lowest BCUT2D eigenvalue weighted by Crippen LogP contribution is -2.36. The predicted octanol–water partition coefficient (Wildman–Crippen LogP) is 3.31. The summed E-state index contributed by atoms with van der Waals surface area (Å²) in [5.74, 6) is 0.704. The first-order chi connectivity index (χ1) is 10.1. The van der Waals surface area contributed by atoms with E-state index in [-0.39, 0.29) is 5.91 Å². The molecule has 1 aromatic carbocycles. The topological polar surface area (TPSA) is 29.5 Å². The van der Waals surface area contributed by atoms with Crippen molar-refractivity contribution in [3.63, 3.8) is 0 Å². The van der Waals surface area contributed by atoms with E-state index in [1.165, 1.54) is 11.1 Å². The third kappa shape index (κ3) is 6.76. The van der Waals surface area contributed by atoms with Gasteiger partial charge in [0.1, 0.15) is 0 Å². The number of methoxy groups -OCH3 is 1. The molecule has 0 spiro atoms. The number of benzene rings is 1. The monoisotopic (exact) mass is 291 g/mol. The number of nitrogens with zero attached hydrogens (tertiary/aromatic N) is 1. The minimum absolute atomic E-state index is 0.223. The highest BCUT2D eigenvalue weighted by atomic mass is 16.5. The fourth-order valence-corrected chi connectivity index (χ4v) is 2.31. The van der Waals surface area contributed by atoms with E-state index in [0.29, 0.717) is 25.5 Å². The number of hydrogen-bond donors (Lipinski definition) is 0. The predicted molar refractivity (Wildman–Crippen MR) is 87.4 cm³/mol. The van der Waals surface area contributed by atoms with Gasteiger partial charge in [0.05, 0.1) is 6.61 Å². The molecule has 0 saturated carbocycles. The Balaban J connectivity index is 2.50. The molecule has 1 amide bonds. The van der Waals surface area contributed by atoms with E-state index >= 15 is 0 Å². The van der Waals surface area contributed by atoms with Crippen molar-refractivity contribution in [2.24, 2.45) is 5.92 Å². The van der Waals surface area contributed by atoms with Crippen LogP contribution in [-0.4, -0.2) is 37.6 Å². The van der Waals surface area contributed by atoms with Crippen molar-refractivity contribution in [2.45, 2.75) is 40.0 Å². The summed E-state index contributed by atoms with van der Waals surface area (Å²) in [5.41, 5.74) is 2.57. The highest BCUT2D eigenvalue weighted by Gasteiger charge is 2.14. The van der Waals surface area contributed by atoms with Crippen LogP contribution in [0, 0.1) is 5.92 Å². The van der Waals surface area contributed by atoms with Crippen molar-refractivity contribution >= 4 is 5.91 Å². The molecular weight excluding hydrogens is 262 g/mol. The van der Waals surface area contributed by atoms with Crippen LogP contribution in [0.3, 0.4) is 0 Å². The van der Waals surface area contributed by atoms with Gasteiger partial charge in [-0.05, 0) is 29.9 Å². The number of hydrogen-bond acceptors (Lipinski definition) is 2. The highest BCUT2D eigenvalue weighted by Crippen LogP contribution is 2.09. The molecule has 21 heavy (non-hydrogen) atoms. The molecule has 0 aliphatic carbocycles. The van der Waals surface area contributed by atoms with Crippen LogP contribution >= 0.6 is 0 Å². The van der Waals surface area contributed by atoms with Crippen molar-refractivity contribution in [2.75, 3.05) is 26.8 Å². The van der Waals surface area contributed by atoms with E-state index in [0.717, 1.165) is 19.4 Å². The molecule has 1 rings (SSSR count). The molecule has 118 valence electrons. The smallest absolute Gasteiger partial charge is 0.222 e. The first kappa shape index (κ1) is 17.7. The van der Waals surface area contributed by atoms with Gasteiger partial charge in [-0.25, -0.2) is 0 Å². The Hall–Kier alpha value is -1.35. The van der Waals surface area contributed by atoms with Crippen LogP contribution in [0.25, 0.3) is 0 Å². The second-order valence-electron chi connectivity index (χ2n) is 5.90. The molecule has 0 heterocycles. The van der Waals surface area contributed by atoms with Gasteiger partial charge in [0.15, 0.2) is 0 Å². The van der Waals surface area contributed by atoms with Crippen molar-refractivity contribution in [3.8, 4) is 0 Å². The molecule has 3 heteroatoms. The Labute approximate surface area is 129 Å². The van der Waals surface area contributed by atoms with Gasteiger partial charge in [-0.15, -0.1) is 0 Å². The highest BCUT2D eigenvalue weighted by molar-refractivity contribution is 5.76. The third-order valence-corrected chi connectivity index (χ3v) is 3.56. The number of aryl methyl sites for hydroxylation is 2. The summed E-state index contributed by atoms with van der Waals surface area (Å²) in [6.45, 7) is 8.51. The van der Waals surface area contributed by atoms with Crippen LogP contribution in [0.4, 0.5) is 0 Å².